The summed E-state index contributed by atoms with van der Waals surface area (Å²) < 4.78 is 0. The minimum Gasteiger partial charge on any atom is -0.507 e. The first-order valence-corrected chi connectivity index (χ1v) is 4.32. The van der Waals surface area contributed by atoms with Gasteiger partial charge in [-0.1, -0.05) is 0 Å². The van der Waals surface area contributed by atoms with Crippen LogP contribution in [-0.4, -0.2) is 21.6 Å². The highest BCUT2D eigenvalue weighted by molar-refractivity contribution is 6.18. The van der Waals surface area contributed by atoms with E-state index in [1.54, 1.807) is 0 Å². The summed E-state index contributed by atoms with van der Waals surface area (Å²) >= 11 is 0. The second kappa shape index (κ2) is 2.83. The van der Waals surface area contributed by atoms with Crippen LogP contribution in [0.2, 0.25) is 0 Å². The molecule has 0 fully saturated rings. The summed E-state index contributed by atoms with van der Waals surface area (Å²) in [6.45, 7) is 0. The van der Waals surface area contributed by atoms with E-state index < -0.39 is 0 Å². The van der Waals surface area contributed by atoms with E-state index in [4.69, 9.17) is 10.8 Å². The Bertz CT molecular complexity index is 397. The van der Waals surface area contributed by atoms with Crippen molar-refractivity contribution in [3.8, 4) is 11.5 Å². The van der Waals surface area contributed by atoms with Crippen LogP contribution in [0.1, 0.15) is 24.0 Å². The number of rotatable bonds is 0. The Morgan fingerprint density at radius 1 is 0.857 bits per heavy atom. The van der Waals surface area contributed by atoms with Gasteiger partial charge in [0.15, 0.2) is 0 Å². The average molecular weight is 190 g/mol. The Morgan fingerprint density at radius 3 is 1.57 bits per heavy atom. The fraction of sp³-hybridized carbons (Fsp3) is 0.200. The lowest BCUT2D eigenvalue weighted by molar-refractivity contribution is 0.457. The highest BCUT2D eigenvalue weighted by Crippen LogP contribution is 2.34. The van der Waals surface area contributed by atoms with Gasteiger partial charge in [-0.2, -0.15) is 0 Å². The van der Waals surface area contributed by atoms with Gasteiger partial charge in [0.25, 0.3) is 0 Å². The molecule has 0 amide bonds. The average Bonchev–Trinajstić information content (AvgIpc) is 2.16. The van der Waals surface area contributed by atoms with Crippen molar-refractivity contribution < 1.29 is 10.2 Å². The predicted molar refractivity (Wildman–Crippen MR) is 52.7 cm³/mol. The van der Waals surface area contributed by atoms with Crippen LogP contribution < -0.4 is 0 Å². The molecular formula is C10H10N2O2. The van der Waals surface area contributed by atoms with E-state index in [1.807, 2.05) is 0 Å². The molecule has 14 heavy (non-hydrogen) atoms. The molecule has 1 aliphatic rings. The number of aromatic hydroxyl groups is 2. The molecule has 4 nitrogen and oxygen atoms in total. The monoisotopic (exact) mass is 190 g/mol. The number of phenolic OH excluding ortho intramolecular Hbond substituents is 2. The Kier molecular flexibility index (Phi) is 1.77. The van der Waals surface area contributed by atoms with Gasteiger partial charge in [-0.15, -0.1) is 0 Å². The lowest BCUT2D eigenvalue weighted by Crippen LogP contribution is -2.17. The van der Waals surface area contributed by atoms with E-state index in [0.29, 0.717) is 24.0 Å². The Morgan fingerprint density at radius 2 is 1.21 bits per heavy atom. The molecule has 0 heterocycles. The third kappa shape index (κ3) is 1.08. The van der Waals surface area contributed by atoms with Gasteiger partial charge in [0.1, 0.15) is 11.5 Å². The van der Waals surface area contributed by atoms with Crippen molar-refractivity contribution in [3.05, 3.63) is 23.3 Å². The molecule has 0 bridgehead atoms. The molecule has 0 saturated heterocycles. The van der Waals surface area contributed by atoms with E-state index in [1.165, 1.54) is 12.1 Å². The Labute approximate surface area is 80.8 Å². The third-order valence-corrected chi connectivity index (χ3v) is 2.39. The minimum absolute atomic E-state index is 0.0350. The molecule has 72 valence electrons. The molecule has 0 unspecified atom stereocenters. The van der Waals surface area contributed by atoms with Crippen molar-refractivity contribution in [2.24, 2.45) is 0 Å². The smallest absolute Gasteiger partial charge is 0.125 e. The minimum atomic E-state index is -0.0350. The zero-order valence-corrected chi connectivity index (χ0v) is 7.46. The second-order valence-electron chi connectivity index (χ2n) is 3.31. The third-order valence-electron chi connectivity index (χ3n) is 2.39. The van der Waals surface area contributed by atoms with Crippen LogP contribution in [0.5, 0.6) is 11.5 Å². The number of hydrogen-bond acceptors (Lipinski definition) is 4. The molecule has 0 aliphatic heterocycles. The van der Waals surface area contributed by atoms with Gasteiger partial charge < -0.3 is 21.0 Å². The SMILES string of the molecule is N=C1CCC(=N)c2c(O)ccc(O)c21. The first-order valence-electron chi connectivity index (χ1n) is 4.32. The Hall–Kier alpha value is -1.84. The van der Waals surface area contributed by atoms with Gasteiger partial charge in [-0.3, -0.25) is 0 Å². The van der Waals surface area contributed by atoms with E-state index in [0.717, 1.165) is 0 Å². The highest BCUT2D eigenvalue weighted by Gasteiger charge is 2.24. The van der Waals surface area contributed by atoms with Crippen LogP contribution in [-0.2, 0) is 0 Å². The summed E-state index contributed by atoms with van der Waals surface area (Å²) in [5.41, 5.74) is 1.18. The van der Waals surface area contributed by atoms with Crippen LogP contribution in [0.15, 0.2) is 12.1 Å². The molecule has 1 aromatic rings. The molecule has 4 heteroatoms. The first-order chi connectivity index (χ1) is 6.61. The second-order valence-corrected chi connectivity index (χ2v) is 3.31. The maximum absolute atomic E-state index is 9.52. The molecule has 0 radical (unpaired) electrons. The first kappa shape index (κ1) is 8.74. The van der Waals surface area contributed by atoms with E-state index in [9.17, 15) is 10.2 Å². The van der Waals surface area contributed by atoms with Gasteiger partial charge in [-0.25, -0.2) is 0 Å². The number of nitrogens with one attached hydrogen (secondary N) is 2. The van der Waals surface area contributed by atoms with Gasteiger partial charge in [-0.05, 0) is 25.0 Å². The van der Waals surface area contributed by atoms with E-state index in [2.05, 4.69) is 0 Å². The maximum Gasteiger partial charge on any atom is 0.125 e. The van der Waals surface area contributed by atoms with Crippen molar-refractivity contribution in [1.29, 1.82) is 10.8 Å². The summed E-state index contributed by atoms with van der Waals surface area (Å²) in [7, 11) is 0. The van der Waals surface area contributed by atoms with Crippen molar-refractivity contribution in [3.63, 3.8) is 0 Å². The molecule has 4 N–H and O–H groups in total. The molecule has 0 saturated carbocycles. The molecule has 1 aromatic carbocycles. The summed E-state index contributed by atoms with van der Waals surface area (Å²) in [5, 5.41) is 34.3. The summed E-state index contributed by atoms with van der Waals surface area (Å²) in [5.74, 6) is -0.0699. The number of hydrogen-bond donors (Lipinski definition) is 4. The van der Waals surface area contributed by atoms with Crippen molar-refractivity contribution >= 4 is 11.4 Å². The van der Waals surface area contributed by atoms with Gasteiger partial charge in [0, 0.05) is 22.6 Å². The summed E-state index contributed by atoms with van der Waals surface area (Å²) in [6.07, 6.45) is 0.895. The lowest BCUT2D eigenvalue weighted by atomic mass is 9.87. The standard InChI is InChI=1S/C10H10N2O2/c11-5-1-2-6(12)10-8(14)4-3-7(13)9(5)10/h3-4,11-14H,1-2H2. The van der Waals surface area contributed by atoms with Crippen molar-refractivity contribution in [2.75, 3.05) is 0 Å². The molecule has 0 aromatic heterocycles. The molecule has 0 spiro atoms. The molecule has 0 atom stereocenters. The highest BCUT2D eigenvalue weighted by atomic mass is 16.3. The van der Waals surface area contributed by atoms with Crippen molar-refractivity contribution in [2.45, 2.75) is 12.8 Å². The van der Waals surface area contributed by atoms with Crippen LogP contribution in [0.25, 0.3) is 0 Å². The largest absolute Gasteiger partial charge is 0.507 e. The van der Waals surface area contributed by atoms with Crippen LogP contribution in [0.4, 0.5) is 0 Å². The molecule has 1 aliphatic carbocycles. The zero-order chi connectivity index (χ0) is 10.3. The van der Waals surface area contributed by atoms with Crippen LogP contribution in [0.3, 0.4) is 0 Å². The van der Waals surface area contributed by atoms with Crippen LogP contribution >= 0.6 is 0 Å². The zero-order valence-electron chi connectivity index (χ0n) is 7.46. The Balaban J connectivity index is 2.77. The van der Waals surface area contributed by atoms with Gasteiger partial charge in [0.2, 0.25) is 0 Å². The number of phenols is 2. The van der Waals surface area contributed by atoms with Gasteiger partial charge in [0.05, 0.1) is 0 Å². The van der Waals surface area contributed by atoms with E-state index in [-0.39, 0.29) is 22.9 Å². The lowest BCUT2D eigenvalue weighted by Gasteiger charge is -2.19. The number of benzene rings is 1. The maximum atomic E-state index is 9.52. The van der Waals surface area contributed by atoms with Gasteiger partial charge >= 0.3 is 0 Å². The fourth-order valence-corrected chi connectivity index (χ4v) is 1.69. The quantitative estimate of drug-likeness (QED) is 0.468. The fourth-order valence-electron chi connectivity index (χ4n) is 1.69. The number of fused-ring (bicyclic) bond motifs is 1. The summed E-state index contributed by atoms with van der Waals surface area (Å²) in [4.78, 5) is 0. The summed E-state index contributed by atoms with van der Waals surface area (Å²) in [6, 6.07) is 2.70. The molecular weight excluding hydrogens is 180 g/mol. The topological polar surface area (TPSA) is 88.2 Å². The van der Waals surface area contributed by atoms with Crippen LogP contribution in [0, 0.1) is 10.8 Å². The normalized spacial score (nSPS) is 15.4. The van der Waals surface area contributed by atoms with Crippen molar-refractivity contribution in [1.82, 2.24) is 0 Å². The molecule has 2 rings (SSSR count). The predicted octanol–water partition coefficient (Wildman–Crippen LogP) is 1.63. The van der Waals surface area contributed by atoms with E-state index >= 15 is 0 Å².